The summed E-state index contributed by atoms with van der Waals surface area (Å²) in [6.45, 7) is 2.08. The first-order chi connectivity index (χ1) is 14.3. The van der Waals surface area contributed by atoms with E-state index in [4.69, 9.17) is 4.98 Å². The molecule has 0 radical (unpaired) electrons. The van der Waals surface area contributed by atoms with Crippen molar-refractivity contribution in [1.82, 2.24) is 14.9 Å². The molecule has 2 aromatic carbocycles. The zero-order valence-corrected chi connectivity index (χ0v) is 17.3. The van der Waals surface area contributed by atoms with Gasteiger partial charge in [-0.05, 0) is 49.2 Å². The summed E-state index contributed by atoms with van der Waals surface area (Å²) in [7, 11) is 2.33. The van der Waals surface area contributed by atoms with Crippen molar-refractivity contribution in [3.63, 3.8) is 0 Å². The Labute approximate surface area is 173 Å². The van der Waals surface area contributed by atoms with Crippen LogP contribution < -0.4 is 4.90 Å². The molecule has 0 spiro atoms. The van der Waals surface area contributed by atoms with Crippen LogP contribution in [0.3, 0.4) is 0 Å². The molecule has 2 fully saturated rings. The third-order valence-electron chi connectivity index (χ3n) is 6.86. The van der Waals surface area contributed by atoms with Crippen molar-refractivity contribution in [2.24, 2.45) is 0 Å². The van der Waals surface area contributed by atoms with Gasteiger partial charge in [0, 0.05) is 36.9 Å². The van der Waals surface area contributed by atoms with Gasteiger partial charge >= 0.3 is 0 Å². The Morgan fingerprint density at radius 2 is 1.72 bits per heavy atom. The molecule has 0 amide bonds. The highest BCUT2D eigenvalue weighted by Crippen LogP contribution is 2.28. The number of hydrogen-bond acceptors (Lipinski definition) is 4. The average Bonchev–Trinajstić information content (AvgIpc) is 3.29. The molecule has 3 aromatic rings. The van der Waals surface area contributed by atoms with Crippen LogP contribution in [0.25, 0.3) is 22.0 Å². The van der Waals surface area contributed by atoms with Gasteiger partial charge in [-0.1, -0.05) is 55.7 Å². The fourth-order valence-electron chi connectivity index (χ4n) is 5.05. The van der Waals surface area contributed by atoms with Crippen LogP contribution in [0.15, 0.2) is 54.7 Å². The van der Waals surface area contributed by atoms with Gasteiger partial charge in [-0.3, -0.25) is 4.90 Å². The summed E-state index contributed by atoms with van der Waals surface area (Å²) in [5, 5.41) is 2.51. The van der Waals surface area contributed by atoms with Crippen molar-refractivity contribution in [3.05, 3.63) is 54.7 Å². The van der Waals surface area contributed by atoms with Crippen LogP contribution >= 0.6 is 0 Å². The Bertz CT molecular complexity index is 979. The van der Waals surface area contributed by atoms with Gasteiger partial charge in [0.2, 0.25) is 5.95 Å². The van der Waals surface area contributed by atoms with E-state index in [1.807, 2.05) is 12.3 Å². The van der Waals surface area contributed by atoms with Crippen LogP contribution in [-0.4, -0.2) is 47.1 Å². The van der Waals surface area contributed by atoms with Crippen LogP contribution in [0, 0.1) is 0 Å². The molecule has 29 heavy (non-hydrogen) atoms. The normalized spacial score (nSPS) is 20.6. The number of likely N-dealkylation sites (N-methyl/N-ethyl adjacent to an activating group) is 1. The summed E-state index contributed by atoms with van der Waals surface area (Å²) in [5.41, 5.74) is 2.16. The van der Waals surface area contributed by atoms with Crippen LogP contribution in [0.5, 0.6) is 0 Å². The average molecular weight is 387 g/mol. The van der Waals surface area contributed by atoms with Crippen molar-refractivity contribution < 1.29 is 0 Å². The Hall–Kier alpha value is -2.46. The van der Waals surface area contributed by atoms with Gasteiger partial charge in [0.1, 0.15) is 0 Å². The topological polar surface area (TPSA) is 32.3 Å². The minimum atomic E-state index is 0.617. The summed E-state index contributed by atoms with van der Waals surface area (Å²) in [6, 6.07) is 18.5. The number of anilines is 1. The zero-order valence-electron chi connectivity index (χ0n) is 17.3. The molecule has 4 nitrogen and oxygen atoms in total. The summed E-state index contributed by atoms with van der Waals surface area (Å²) in [6.07, 6.45) is 10.0. The maximum absolute atomic E-state index is 4.93. The van der Waals surface area contributed by atoms with E-state index in [-0.39, 0.29) is 0 Å². The lowest BCUT2D eigenvalue weighted by atomic mass is 9.93. The fraction of sp³-hybridized carbons (Fsp3) is 0.440. The smallest absolute Gasteiger partial charge is 0.225 e. The molecule has 1 aliphatic heterocycles. The Balaban J connectivity index is 1.33. The molecular weight excluding hydrogens is 356 g/mol. The summed E-state index contributed by atoms with van der Waals surface area (Å²) in [4.78, 5) is 14.6. The van der Waals surface area contributed by atoms with E-state index in [1.165, 1.54) is 49.3 Å². The van der Waals surface area contributed by atoms with Gasteiger partial charge in [-0.15, -0.1) is 0 Å². The molecule has 150 valence electrons. The third-order valence-corrected chi connectivity index (χ3v) is 6.86. The van der Waals surface area contributed by atoms with E-state index in [0.717, 1.165) is 36.3 Å². The molecule has 0 N–H and O–H groups in total. The van der Waals surface area contributed by atoms with Gasteiger partial charge in [0.25, 0.3) is 0 Å². The molecule has 1 aliphatic carbocycles. The van der Waals surface area contributed by atoms with Crippen LogP contribution in [0.1, 0.15) is 38.5 Å². The predicted molar refractivity (Wildman–Crippen MR) is 120 cm³/mol. The quantitative estimate of drug-likeness (QED) is 0.621. The molecule has 4 heteroatoms. The van der Waals surface area contributed by atoms with Gasteiger partial charge in [0.15, 0.2) is 0 Å². The summed E-state index contributed by atoms with van der Waals surface area (Å²) >= 11 is 0. The standard InChI is InChI=1S/C25H30N4/c1-28(22-9-3-2-4-10-22)23-14-16-29(18-23)25-26-15-13-24(27-25)21-12-11-19-7-5-6-8-20(19)17-21/h5-8,11-13,15,17,22-23H,2-4,9-10,14,16,18H2,1H3. The Morgan fingerprint density at radius 3 is 2.59 bits per heavy atom. The maximum Gasteiger partial charge on any atom is 0.225 e. The fourth-order valence-corrected chi connectivity index (χ4v) is 5.05. The lowest BCUT2D eigenvalue weighted by Crippen LogP contribution is -2.42. The highest BCUT2D eigenvalue weighted by Gasteiger charge is 2.31. The van der Waals surface area contributed by atoms with E-state index in [0.29, 0.717) is 6.04 Å². The lowest BCUT2D eigenvalue weighted by Gasteiger charge is -2.35. The molecule has 0 bridgehead atoms. The number of nitrogens with zero attached hydrogens (tertiary/aromatic N) is 4. The SMILES string of the molecule is CN(C1CCCCC1)C1CCN(c2nccc(-c3ccc4ccccc4c3)n2)C1. The van der Waals surface area contributed by atoms with E-state index >= 15 is 0 Å². The largest absolute Gasteiger partial charge is 0.339 e. The second-order valence-electron chi connectivity index (χ2n) is 8.65. The molecular formula is C25H30N4. The van der Waals surface area contributed by atoms with Gasteiger partial charge in [-0.2, -0.15) is 0 Å². The van der Waals surface area contributed by atoms with Crippen molar-refractivity contribution >= 4 is 16.7 Å². The molecule has 5 rings (SSSR count). The number of hydrogen-bond donors (Lipinski definition) is 0. The first-order valence-corrected chi connectivity index (χ1v) is 11.1. The Kier molecular flexibility index (Phi) is 5.19. The van der Waals surface area contributed by atoms with Crippen LogP contribution in [0.2, 0.25) is 0 Å². The zero-order chi connectivity index (χ0) is 19.6. The van der Waals surface area contributed by atoms with Gasteiger partial charge in [-0.25, -0.2) is 9.97 Å². The number of rotatable bonds is 4. The summed E-state index contributed by atoms with van der Waals surface area (Å²) < 4.78 is 0. The summed E-state index contributed by atoms with van der Waals surface area (Å²) in [5.74, 6) is 0.871. The Morgan fingerprint density at radius 1 is 0.897 bits per heavy atom. The number of aromatic nitrogens is 2. The van der Waals surface area contributed by atoms with Gasteiger partial charge in [0.05, 0.1) is 5.69 Å². The monoisotopic (exact) mass is 386 g/mol. The molecule has 2 heterocycles. The molecule has 1 aromatic heterocycles. The van der Waals surface area contributed by atoms with E-state index in [1.54, 1.807) is 0 Å². The van der Waals surface area contributed by atoms with Gasteiger partial charge < -0.3 is 4.90 Å². The lowest BCUT2D eigenvalue weighted by molar-refractivity contribution is 0.147. The molecule has 1 unspecified atom stereocenters. The number of benzene rings is 2. The first-order valence-electron chi connectivity index (χ1n) is 11.1. The van der Waals surface area contributed by atoms with E-state index < -0.39 is 0 Å². The minimum Gasteiger partial charge on any atom is -0.339 e. The van der Waals surface area contributed by atoms with Crippen molar-refractivity contribution in [2.45, 2.75) is 50.6 Å². The van der Waals surface area contributed by atoms with Crippen molar-refractivity contribution in [1.29, 1.82) is 0 Å². The second kappa shape index (κ2) is 8.11. The highest BCUT2D eigenvalue weighted by atomic mass is 15.3. The molecule has 2 aliphatic rings. The van der Waals surface area contributed by atoms with Crippen molar-refractivity contribution in [3.8, 4) is 11.3 Å². The van der Waals surface area contributed by atoms with Crippen LogP contribution in [0.4, 0.5) is 5.95 Å². The predicted octanol–water partition coefficient (Wildman–Crippen LogP) is 5.14. The second-order valence-corrected chi connectivity index (χ2v) is 8.65. The number of fused-ring (bicyclic) bond motifs is 1. The van der Waals surface area contributed by atoms with E-state index in [2.05, 4.69) is 64.3 Å². The maximum atomic E-state index is 4.93. The highest BCUT2D eigenvalue weighted by molar-refractivity contribution is 5.86. The van der Waals surface area contributed by atoms with Crippen molar-refractivity contribution in [2.75, 3.05) is 25.0 Å². The van der Waals surface area contributed by atoms with Crippen LogP contribution in [-0.2, 0) is 0 Å². The molecule has 1 atom stereocenters. The first kappa shape index (κ1) is 18.6. The molecule has 1 saturated carbocycles. The minimum absolute atomic E-state index is 0.617. The van der Waals surface area contributed by atoms with E-state index in [9.17, 15) is 0 Å². The molecule has 1 saturated heterocycles. The third kappa shape index (κ3) is 3.86.